The number of amides is 1. The van der Waals surface area contributed by atoms with Gasteiger partial charge in [-0.25, -0.2) is 0 Å². The summed E-state index contributed by atoms with van der Waals surface area (Å²) in [6.45, 7) is 6.54. The molecule has 1 aromatic carbocycles. The molecule has 0 aromatic heterocycles. The molecular weight excluding hydrogens is 212 g/mol. The Hall–Kier alpha value is -1.35. The average molecular weight is 232 g/mol. The van der Waals surface area contributed by atoms with Crippen LogP contribution in [0.15, 0.2) is 24.3 Å². The van der Waals surface area contributed by atoms with Crippen LogP contribution in [0.2, 0.25) is 0 Å². The number of hydrogen-bond acceptors (Lipinski definition) is 2. The van der Waals surface area contributed by atoms with Crippen LogP contribution in [0.5, 0.6) is 0 Å². The van der Waals surface area contributed by atoms with Crippen molar-refractivity contribution in [3.05, 3.63) is 35.4 Å². The molecule has 1 saturated heterocycles. The molecule has 1 heterocycles. The lowest BCUT2D eigenvalue weighted by Crippen LogP contribution is -2.48. The molecule has 1 atom stereocenters. The summed E-state index contributed by atoms with van der Waals surface area (Å²) in [5.74, 6) is 0.255. The number of aryl methyl sites for hydroxylation is 1. The van der Waals surface area contributed by atoms with E-state index in [1.165, 1.54) is 11.1 Å². The lowest BCUT2D eigenvalue weighted by Gasteiger charge is -2.34. The van der Waals surface area contributed by atoms with Crippen LogP contribution < -0.4 is 5.32 Å². The van der Waals surface area contributed by atoms with Gasteiger partial charge < -0.3 is 10.2 Å². The van der Waals surface area contributed by atoms with Crippen molar-refractivity contribution in [1.29, 1.82) is 0 Å². The van der Waals surface area contributed by atoms with Gasteiger partial charge in [-0.3, -0.25) is 4.79 Å². The summed E-state index contributed by atoms with van der Waals surface area (Å²) < 4.78 is 0. The number of carbonyl (C=O) groups is 1. The zero-order valence-electron chi connectivity index (χ0n) is 10.6. The van der Waals surface area contributed by atoms with Gasteiger partial charge in [0.15, 0.2) is 0 Å². The van der Waals surface area contributed by atoms with Crippen molar-refractivity contribution in [3.63, 3.8) is 0 Å². The van der Waals surface area contributed by atoms with Gasteiger partial charge in [0, 0.05) is 26.1 Å². The molecule has 3 heteroatoms. The first-order valence-corrected chi connectivity index (χ1v) is 6.29. The highest BCUT2D eigenvalue weighted by Crippen LogP contribution is 2.20. The second kappa shape index (κ2) is 5.32. The van der Waals surface area contributed by atoms with E-state index in [1.807, 2.05) is 11.8 Å². The van der Waals surface area contributed by atoms with E-state index < -0.39 is 0 Å². The van der Waals surface area contributed by atoms with Crippen molar-refractivity contribution in [2.45, 2.75) is 26.3 Å². The minimum absolute atomic E-state index is 0.255. The number of nitrogens with zero attached hydrogens (tertiary/aromatic N) is 1. The molecular formula is C14H20N2O. The van der Waals surface area contributed by atoms with Crippen molar-refractivity contribution in [1.82, 2.24) is 10.2 Å². The predicted molar refractivity (Wildman–Crippen MR) is 68.8 cm³/mol. The van der Waals surface area contributed by atoms with Crippen molar-refractivity contribution in [2.75, 3.05) is 19.6 Å². The smallest absolute Gasteiger partial charge is 0.222 e. The fraction of sp³-hybridized carbons (Fsp3) is 0.500. The molecule has 0 bridgehead atoms. The minimum Gasteiger partial charge on any atom is -0.340 e. The molecule has 3 nitrogen and oxygen atoms in total. The summed E-state index contributed by atoms with van der Waals surface area (Å²) in [5.41, 5.74) is 2.59. The van der Waals surface area contributed by atoms with Crippen LogP contribution >= 0.6 is 0 Å². The van der Waals surface area contributed by atoms with Gasteiger partial charge in [-0.1, -0.05) is 31.2 Å². The number of rotatable bonds is 2. The number of carbonyl (C=O) groups excluding carboxylic acids is 1. The molecule has 1 aromatic rings. The van der Waals surface area contributed by atoms with Gasteiger partial charge in [0.05, 0.1) is 6.04 Å². The van der Waals surface area contributed by atoms with Crippen LogP contribution in [-0.4, -0.2) is 30.4 Å². The second-order valence-electron chi connectivity index (χ2n) is 4.56. The first kappa shape index (κ1) is 12.1. The maximum absolute atomic E-state index is 11.7. The summed E-state index contributed by atoms with van der Waals surface area (Å²) in [5, 5.41) is 3.49. The van der Waals surface area contributed by atoms with Crippen LogP contribution in [0.4, 0.5) is 0 Å². The fourth-order valence-corrected chi connectivity index (χ4v) is 2.39. The van der Waals surface area contributed by atoms with Gasteiger partial charge in [-0.05, 0) is 18.1 Å². The topological polar surface area (TPSA) is 32.3 Å². The Kier molecular flexibility index (Phi) is 3.79. The Labute approximate surface area is 103 Å². The minimum atomic E-state index is 0.255. The van der Waals surface area contributed by atoms with E-state index in [1.54, 1.807) is 0 Å². The molecule has 1 aliphatic rings. The highest BCUT2D eigenvalue weighted by Gasteiger charge is 2.23. The van der Waals surface area contributed by atoms with Gasteiger partial charge in [-0.15, -0.1) is 0 Å². The zero-order valence-corrected chi connectivity index (χ0v) is 10.6. The maximum atomic E-state index is 11.7. The summed E-state index contributed by atoms with van der Waals surface area (Å²) in [4.78, 5) is 13.7. The van der Waals surface area contributed by atoms with E-state index in [9.17, 15) is 4.79 Å². The van der Waals surface area contributed by atoms with E-state index in [2.05, 4.69) is 36.5 Å². The van der Waals surface area contributed by atoms with Crippen molar-refractivity contribution >= 4 is 5.91 Å². The van der Waals surface area contributed by atoms with E-state index in [0.29, 0.717) is 6.42 Å². The summed E-state index contributed by atoms with van der Waals surface area (Å²) >= 11 is 0. The second-order valence-corrected chi connectivity index (χ2v) is 4.56. The molecule has 0 spiro atoms. The number of benzene rings is 1. The molecule has 17 heavy (non-hydrogen) atoms. The fourth-order valence-electron chi connectivity index (χ4n) is 2.39. The highest BCUT2D eigenvalue weighted by atomic mass is 16.2. The summed E-state index contributed by atoms with van der Waals surface area (Å²) in [6, 6.07) is 8.66. The standard InChI is InChI=1S/C14H20N2O/c1-3-14(17)16-9-8-15-13(10-16)12-7-5-4-6-11(12)2/h4-7,13,15H,3,8-10H2,1-2H3. The van der Waals surface area contributed by atoms with Crippen molar-refractivity contribution in [3.8, 4) is 0 Å². The molecule has 0 radical (unpaired) electrons. The van der Waals surface area contributed by atoms with Crippen LogP contribution in [0, 0.1) is 6.92 Å². The van der Waals surface area contributed by atoms with Crippen molar-refractivity contribution in [2.24, 2.45) is 0 Å². The van der Waals surface area contributed by atoms with Gasteiger partial charge >= 0.3 is 0 Å². The van der Waals surface area contributed by atoms with E-state index in [-0.39, 0.29) is 11.9 Å². The average Bonchev–Trinajstić information content (AvgIpc) is 2.38. The van der Waals surface area contributed by atoms with Gasteiger partial charge in [0.1, 0.15) is 0 Å². The van der Waals surface area contributed by atoms with E-state index in [4.69, 9.17) is 0 Å². The Morgan fingerprint density at radius 1 is 1.47 bits per heavy atom. The third kappa shape index (κ3) is 2.67. The summed E-state index contributed by atoms with van der Waals surface area (Å²) in [6.07, 6.45) is 0.598. The summed E-state index contributed by atoms with van der Waals surface area (Å²) in [7, 11) is 0. The van der Waals surface area contributed by atoms with Crippen LogP contribution in [0.1, 0.15) is 30.5 Å². The Bertz CT molecular complexity index is 403. The third-order valence-corrected chi connectivity index (χ3v) is 3.39. The van der Waals surface area contributed by atoms with Crippen molar-refractivity contribution < 1.29 is 4.79 Å². The largest absolute Gasteiger partial charge is 0.340 e. The number of nitrogens with one attached hydrogen (secondary N) is 1. The molecule has 1 unspecified atom stereocenters. The van der Waals surface area contributed by atoms with Crippen LogP contribution in [0.3, 0.4) is 0 Å². The predicted octanol–water partition coefficient (Wildman–Crippen LogP) is 1.88. The molecule has 1 fully saturated rings. The Morgan fingerprint density at radius 2 is 2.24 bits per heavy atom. The van der Waals surface area contributed by atoms with Gasteiger partial charge in [0.25, 0.3) is 0 Å². The van der Waals surface area contributed by atoms with Gasteiger partial charge in [0.2, 0.25) is 5.91 Å². The zero-order chi connectivity index (χ0) is 12.3. The first-order valence-electron chi connectivity index (χ1n) is 6.29. The highest BCUT2D eigenvalue weighted by molar-refractivity contribution is 5.76. The van der Waals surface area contributed by atoms with Gasteiger partial charge in [-0.2, -0.15) is 0 Å². The SMILES string of the molecule is CCC(=O)N1CCNC(c2ccccc2C)C1. The monoisotopic (exact) mass is 232 g/mol. The lowest BCUT2D eigenvalue weighted by molar-refractivity contribution is -0.132. The Morgan fingerprint density at radius 3 is 2.94 bits per heavy atom. The molecule has 0 saturated carbocycles. The van der Waals surface area contributed by atoms with Crippen LogP contribution in [0.25, 0.3) is 0 Å². The maximum Gasteiger partial charge on any atom is 0.222 e. The Balaban J connectivity index is 2.12. The number of piperazine rings is 1. The molecule has 1 N–H and O–H groups in total. The quantitative estimate of drug-likeness (QED) is 0.844. The third-order valence-electron chi connectivity index (χ3n) is 3.39. The molecule has 1 aliphatic heterocycles. The molecule has 1 amide bonds. The van der Waals surface area contributed by atoms with Crippen LogP contribution in [-0.2, 0) is 4.79 Å². The molecule has 2 rings (SSSR count). The molecule has 92 valence electrons. The first-order chi connectivity index (χ1) is 8.22. The molecule has 0 aliphatic carbocycles. The van der Waals surface area contributed by atoms with E-state index >= 15 is 0 Å². The normalized spacial score (nSPS) is 20.4. The number of hydrogen-bond donors (Lipinski definition) is 1. The lowest BCUT2D eigenvalue weighted by atomic mass is 9.99. The van der Waals surface area contributed by atoms with E-state index in [0.717, 1.165) is 19.6 Å².